The SMILES string of the molecule is CC[C@H](C)c1ccc(NC(=O)CC(c2ccccc2)c2ccccc2)cc1. The summed E-state index contributed by atoms with van der Waals surface area (Å²) >= 11 is 0. The lowest BCUT2D eigenvalue weighted by Crippen LogP contribution is -2.16. The number of hydrogen-bond acceptors (Lipinski definition) is 1. The van der Waals surface area contributed by atoms with Gasteiger partial charge in [-0.25, -0.2) is 0 Å². The van der Waals surface area contributed by atoms with Gasteiger partial charge in [0.25, 0.3) is 0 Å². The summed E-state index contributed by atoms with van der Waals surface area (Å²) in [5, 5.41) is 3.06. The maximum absolute atomic E-state index is 12.7. The largest absolute Gasteiger partial charge is 0.326 e. The van der Waals surface area contributed by atoms with Gasteiger partial charge in [0.05, 0.1) is 0 Å². The van der Waals surface area contributed by atoms with Crippen molar-refractivity contribution in [2.45, 2.75) is 38.5 Å². The van der Waals surface area contributed by atoms with E-state index >= 15 is 0 Å². The van der Waals surface area contributed by atoms with Gasteiger partial charge in [0, 0.05) is 18.0 Å². The van der Waals surface area contributed by atoms with Crippen LogP contribution in [0.3, 0.4) is 0 Å². The Kier molecular flexibility index (Phi) is 6.43. The molecule has 0 aromatic heterocycles. The van der Waals surface area contributed by atoms with Gasteiger partial charge >= 0.3 is 0 Å². The summed E-state index contributed by atoms with van der Waals surface area (Å²) < 4.78 is 0. The Balaban J connectivity index is 1.73. The van der Waals surface area contributed by atoms with E-state index in [1.807, 2.05) is 48.5 Å². The van der Waals surface area contributed by atoms with Crippen LogP contribution in [0, 0.1) is 0 Å². The van der Waals surface area contributed by atoms with E-state index in [1.165, 1.54) is 5.56 Å². The molecule has 3 rings (SSSR count). The average Bonchev–Trinajstić information content (AvgIpc) is 2.73. The van der Waals surface area contributed by atoms with Crippen LogP contribution in [0.1, 0.15) is 55.2 Å². The minimum absolute atomic E-state index is 0.0315. The van der Waals surface area contributed by atoms with Crippen molar-refractivity contribution in [3.63, 3.8) is 0 Å². The van der Waals surface area contributed by atoms with Gasteiger partial charge in [0.15, 0.2) is 0 Å². The molecule has 2 nitrogen and oxygen atoms in total. The zero-order valence-electron chi connectivity index (χ0n) is 16.1. The Bertz CT molecular complexity index is 801. The lowest BCUT2D eigenvalue weighted by molar-refractivity contribution is -0.116. The minimum atomic E-state index is 0.0315. The van der Waals surface area contributed by atoms with Gasteiger partial charge in [-0.1, -0.05) is 86.6 Å². The smallest absolute Gasteiger partial charge is 0.225 e. The maximum atomic E-state index is 12.7. The first-order chi connectivity index (χ1) is 13.2. The minimum Gasteiger partial charge on any atom is -0.326 e. The van der Waals surface area contributed by atoms with Crippen LogP contribution in [-0.2, 0) is 4.79 Å². The molecule has 0 unspecified atom stereocenters. The topological polar surface area (TPSA) is 29.1 Å². The number of anilines is 1. The molecular weight excluding hydrogens is 330 g/mol. The summed E-state index contributed by atoms with van der Waals surface area (Å²) in [5.41, 5.74) is 4.48. The molecule has 0 fully saturated rings. The van der Waals surface area contributed by atoms with Crippen LogP contribution in [0.5, 0.6) is 0 Å². The molecule has 0 aliphatic rings. The third-order valence-corrected chi connectivity index (χ3v) is 5.17. The van der Waals surface area contributed by atoms with Crippen molar-refractivity contribution in [2.24, 2.45) is 0 Å². The van der Waals surface area contributed by atoms with Crippen LogP contribution in [0.25, 0.3) is 0 Å². The summed E-state index contributed by atoms with van der Waals surface area (Å²) in [6, 6.07) is 28.7. The number of nitrogens with one attached hydrogen (secondary N) is 1. The standard InChI is InChI=1S/C25H27NO/c1-3-19(2)20-14-16-23(17-15-20)26-25(27)18-24(21-10-6-4-7-11-21)22-12-8-5-9-13-22/h4-17,19,24H,3,18H2,1-2H3,(H,26,27)/t19-/m0/s1. The highest BCUT2D eigenvalue weighted by molar-refractivity contribution is 5.91. The summed E-state index contributed by atoms with van der Waals surface area (Å²) in [7, 11) is 0. The van der Waals surface area contributed by atoms with E-state index in [1.54, 1.807) is 0 Å². The first-order valence-electron chi connectivity index (χ1n) is 9.67. The molecule has 0 aliphatic carbocycles. The number of hydrogen-bond donors (Lipinski definition) is 1. The van der Waals surface area contributed by atoms with E-state index < -0.39 is 0 Å². The quantitative estimate of drug-likeness (QED) is 0.523. The molecule has 1 atom stereocenters. The summed E-state index contributed by atoms with van der Waals surface area (Å²) in [6.45, 7) is 4.41. The van der Waals surface area contributed by atoms with Gasteiger partial charge in [-0.2, -0.15) is 0 Å². The molecule has 1 amide bonds. The molecule has 3 aromatic rings. The highest BCUT2D eigenvalue weighted by Crippen LogP contribution is 2.28. The highest BCUT2D eigenvalue weighted by Gasteiger charge is 2.18. The zero-order valence-corrected chi connectivity index (χ0v) is 16.1. The first kappa shape index (κ1) is 18.9. The molecule has 0 saturated carbocycles. The predicted molar refractivity (Wildman–Crippen MR) is 113 cm³/mol. The van der Waals surface area contributed by atoms with E-state index in [-0.39, 0.29) is 11.8 Å². The van der Waals surface area contributed by atoms with E-state index in [4.69, 9.17) is 0 Å². The number of amides is 1. The molecule has 2 heteroatoms. The van der Waals surface area contributed by atoms with E-state index in [2.05, 4.69) is 55.6 Å². The zero-order chi connectivity index (χ0) is 19.1. The van der Waals surface area contributed by atoms with Gasteiger partial charge < -0.3 is 5.32 Å². The predicted octanol–water partition coefficient (Wildman–Crippen LogP) is 6.36. The van der Waals surface area contributed by atoms with Gasteiger partial charge in [-0.15, -0.1) is 0 Å². The molecule has 1 N–H and O–H groups in total. The fraction of sp³-hybridized carbons (Fsp3) is 0.240. The molecule has 0 bridgehead atoms. The molecule has 0 aliphatic heterocycles. The second kappa shape index (κ2) is 9.18. The Hall–Kier alpha value is -2.87. The Labute approximate surface area is 162 Å². The normalized spacial score (nSPS) is 12.0. The Morgan fingerprint density at radius 3 is 1.78 bits per heavy atom. The van der Waals surface area contributed by atoms with Crippen LogP contribution in [0.2, 0.25) is 0 Å². The monoisotopic (exact) mass is 357 g/mol. The van der Waals surface area contributed by atoms with Gasteiger partial charge in [0.2, 0.25) is 5.91 Å². The number of carbonyl (C=O) groups excluding carboxylic acids is 1. The number of benzene rings is 3. The van der Waals surface area contributed by atoms with Crippen molar-refractivity contribution in [2.75, 3.05) is 5.32 Å². The third kappa shape index (κ3) is 5.07. The van der Waals surface area contributed by atoms with Crippen molar-refractivity contribution < 1.29 is 4.79 Å². The summed E-state index contributed by atoms with van der Waals surface area (Å²) in [5.74, 6) is 0.617. The molecule has 27 heavy (non-hydrogen) atoms. The summed E-state index contributed by atoms with van der Waals surface area (Å²) in [4.78, 5) is 12.7. The Morgan fingerprint density at radius 1 is 0.778 bits per heavy atom. The molecule has 0 saturated heterocycles. The first-order valence-corrected chi connectivity index (χ1v) is 9.67. The van der Waals surface area contributed by atoms with Gasteiger partial charge in [-0.3, -0.25) is 4.79 Å². The van der Waals surface area contributed by atoms with E-state index in [0.29, 0.717) is 12.3 Å². The fourth-order valence-electron chi connectivity index (χ4n) is 3.33. The van der Waals surface area contributed by atoms with Crippen LogP contribution in [-0.4, -0.2) is 5.91 Å². The fourth-order valence-corrected chi connectivity index (χ4v) is 3.33. The van der Waals surface area contributed by atoms with E-state index in [9.17, 15) is 4.79 Å². The van der Waals surface area contributed by atoms with Crippen LogP contribution in [0.4, 0.5) is 5.69 Å². The second-order valence-corrected chi connectivity index (χ2v) is 7.06. The maximum Gasteiger partial charge on any atom is 0.225 e. The second-order valence-electron chi connectivity index (χ2n) is 7.06. The molecule has 0 spiro atoms. The van der Waals surface area contributed by atoms with Crippen molar-refractivity contribution in [1.29, 1.82) is 0 Å². The molecule has 0 radical (unpaired) electrons. The van der Waals surface area contributed by atoms with E-state index in [0.717, 1.165) is 23.2 Å². The number of carbonyl (C=O) groups is 1. The van der Waals surface area contributed by atoms with Crippen LogP contribution < -0.4 is 5.32 Å². The lowest BCUT2D eigenvalue weighted by atomic mass is 9.88. The highest BCUT2D eigenvalue weighted by atomic mass is 16.1. The van der Waals surface area contributed by atoms with Crippen molar-refractivity contribution >= 4 is 11.6 Å². The Morgan fingerprint density at radius 2 is 1.30 bits per heavy atom. The van der Waals surface area contributed by atoms with Gasteiger partial charge in [-0.05, 0) is 41.2 Å². The average molecular weight is 357 g/mol. The van der Waals surface area contributed by atoms with Crippen molar-refractivity contribution in [3.05, 3.63) is 102 Å². The number of rotatable bonds is 7. The molecular formula is C25H27NO. The van der Waals surface area contributed by atoms with Crippen molar-refractivity contribution in [3.8, 4) is 0 Å². The third-order valence-electron chi connectivity index (χ3n) is 5.17. The van der Waals surface area contributed by atoms with Gasteiger partial charge in [0.1, 0.15) is 0 Å². The molecule has 138 valence electrons. The summed E-state index contributed by atoms with van der Waals surface area (Å²) in [6.07, 6.45) is 1.53. The molecule has 3 aromatic carbocycles. The lowest BCUT2D eigenvalue weighted by Gasteiger charge is -2.18. The van der Waals surface area contributed by atoms with Crippen molar-refractivity contribution in [1.82, 2.24) is 0 Å². The van der Waals surface area contributed by atoms with Crippen LogP contribution >= 0.6 is 0 Å². The molecule has 0 heterocycles. The van der Waals surface area contributed by atoms with Crippen LogP contribution in [0.15, 0.2) is 84.9 Å².